The van der Waals surface area contributed by atoms with E-state index in [1.165, 1.54) is 23.1 Å². The van der Waals surface area contributed by atoms with Gasteiger partial charge >= 0.3 is 0 Å². The lowest BCUT2D eigenvalue weighted by atomic mass is 10.3. The molecule has 0 radical (unpaired) electrons. The molecule has 1 N–H and O–H groups in total. The van der Waals surface area contributed by atoms with Gasteiger partial charge in [0, 0.05) is 25.7 Å². The summed E-state index contributed by atoms with van der Waals surface area (Å²) in [5.41, 5.74) is 0.303. The summed E-state index contributed by atoms with van der Waals surface area (Å²) in [6, 6.07) is 0.124. The predicted molar refractivity (Wildman–Crippen MR) is 114 cm³/mol. The average Bonchev–Trinajstić information content (AvgIpc) is 3.07. The van der Waals surface area contributed by atoms with E-state index < -0.39 is 0 Å². The molecule has 0 aliphatic carbocycles. The highest BCUT2D eigenvalue weighted by molar-refractivity contribution is 7.99. The first kappa shape index (κ1) is 21.4. The second-order valence-electron chi connectivity index (χ2n) is 6.09. The molecule has 2 aromatic heterocycles. The fourth-order valence-corrected chi connectivity index (χ4v) is 4.34. The molecule has 2 heterocycles. The fraction of sp³-hybridized carbons (Fsp3) is 0.556. The van der Waals surface area contributed by atoms with Gasteiger partial charge in [-0.25, -0.2) is 4.98 Å². The summed E-state index contributed by atoms with van der Waals surface area (Å²) in [6.45, 7) is 13.8. The molecule has 0 bridgehead atoms. The quantitative estimate of drug-likeness (QED) is 0.369. The van der Waals surface area contributed by atoms with Crippen molar-refractivity contribution in [2.24, 2.45) is 0 Å². The Labute approximate surface area is 167 Å². The number of nitrogens with zero attached hydrogens (tertiary/aromatic N) is 4. The average molecular weight is 410 g/mol. The van der Waals surface area contributed by atoms with E-state index in [2.05, 4.69) is 40.6 Å². The predicted octanol–water partition coefficient (Wildman–Crippen LogP) is 2.89. The maximum atomic E-state index is 12.9. The highest BCUT2D eigenvalue weighted by Crippen LogP contribution is 2.27. The van der Waals surface area contributed by atoms with Crippen LogP contribution < -0.4 is 15.8 Å². The molecule has 1 atom stereocenters. The Balaban J connectivity index is 2.36. The molecular weight excluding hydrogens is 382 g/mol. The van der Waals surface area contributed by atoms with Crippen LogP contribution in [0.25, 0.3) is 10.3 Å². The van der Waals surface area contributed by atoms with Gasteiger partial charge in [-0.05, 0) is 27.2 Å². The van der Waals surface area contributed by atoms with E-state index in [1.807, 2.05) is 13.8 Å². The number of fused-ring (bicyclic) bond motifs is 1. The van der Waals surface area contributed by atoms with Crippen LogP contribution in [0.3, 0.4) is 0 Å². The van der Waals surface area contributed by atoms with E-state index in [0.717, 1.165) is 24.6 Å². The first-order chi connectivity index (χ1) is 12.9. The van der Waals surface area contributed by atoms with Crippen LogP contribution in [-0.2, 0) is 11.3 Å². The lowest BCUT2D eigenvalue weighted by Gasteiger charge is -2.15. The van der Waals surface area contributed by atoms with Crippen molar-refractivity contribution >= 4 is 44.5 Å². The van der Waals surface area contributed by atoms with Gasteiger partial charge in [-0.1, -0.05) is 36.1 Å². The van der Waals surface area contributed by atoms with Crippen molar-refractivity contribution in [2.45, 2.75) is 51.9 Å². The van der Waals surface area contributed by atoms with Gasteiger partial charge in [0.25, 0.3) is 5.56 Å². The second kappa shape index (κ2) is 9.89. The van der Waals surface area contributed by atoms with Gasteiger partial charge in [0.15, 0.2) is 15.9 Å². The van der Waals surface area contributed by atoms with E-state index in [-0.39, 0.29) is 23.3 Å². The Bertz CT molecular complexity index is 857. The number of thiazole rings is 1. The number of amides is 1. The number of hydrogen-bond acceptors (Lipinski definition) is 7. The first-order valence-corrected chi connectivity index (χ1v) is 10.9. The minimum atomic E-state index is -0.138. The van der Waals surface area contributed by atoms with Crippen molar-refractivity contribution in [3.63, 3.8) is 0 Å². The zero-order valence-corrected chi connectivity index (χ0v) is 18.0. The Morgan fingerprint density at radius 1 is 1.37 bits per heavy atom. The molecule has 2 aromatic rings. The van der Waals surface area contributed by atoms with Gasteiger partial charge < -0.3 is 10.2 Å². The van der Waals surface area contributed by atoms with Crippen molar-refractivity contribution in [3.8, 4) is 0 Å². The zero-order chi connectivity index (χ0) is 20.0. The third kappa shape index (κ3) is 5.10. The molecule has 0 saturated carbocycles. The number of hydrogen-bond donors (Lipinski definition) is 1. The minimum Gasteiger partial charge on any atom is -0.353 e. The van der Waals surface area contributed by atoms with Crippen molar-refractivity contribution in [2.75, 3.05) is 23.7 Å². The lowest BCUT2D eigenvalue weighted by molar-refractivity contribution is -0.119. The number of carbonyl (C=O) groups is 1. The molecule has 0 aromatic carbocycles. The van der Waals surface area contributed by atoms with Crippen molar-refractivity contribution < 1.29 is 4.79 Å². The standard InChI is InChI=1S/C18H27N5O2S2/c1-6-10-23-16(25)14-15(20-17(27-14)22(8-3)9-4)21-18(23)26-11-13(24)19-12(5)7-2/h6,12H,1,7-11H2,2-5H3,(H,19,24)/t12-/m0/s1. The third-order valence-corrected chi connectivity index (χ3v) is 6.24. The molecule has 0 aliphatic heterocycles. The highest BCUT2D eigenvalue weighted by atomic mass is 32.2. The van der Waals surface area contributed by atoms with Crippen LogP contribution in [0, 0.1) is 0 Å². The van der Waals surface area contributed by atoms with E-state index in [4.69, 9.17) is 0 Å². The van der Waals surface area contributed by atoms with Crippen LogP contribution in [0.2, 0.25) is 0 Å². The number of thioether (sulfide) groups is 1. The van der Waals surface area contributed by atoms with E-state index in [1.54, 1.807) is 10.6 Å². The molecule has 9 heteroatoms. The van der Waals surface area contributed by atoms with Crippen molar-refractivity contribution in [3.05, 3.63) is 23.0 Å². The molecular formula is C18H27N5O2S2. The van der Waals surface area contributed by atoms with Crippen LogP contribution in [0.4, 0.5) is 5.13 Å². The van der Waals surface area contributed by atoms with Crippen LogP contribution in [0.5, 0.6) is 0 Å². The molecule has 0 fully saturated rings. The van der Waals surface area contributed by atoms with Gasteiger partial charge in [-0.3, -0.25) is 14.2 Å². The third-order valence-electron chi connectivity index (χ3n) is 4.17. The Morgan fingerprint density at radius 3 is 2.67 bits per heavy atom. The van der Waals surface area contributed by atoms with Crippen molar-refractivity contribution in [1.29, 1.82) is 0 Å². The SMILES string of the molecule is C=CCn1c(SCC(=O)N[C@@H](C)CC)nc2nc(N(CC)CC)sc2c1=O. The maximum Gasteiger partial charge on any atom is 0.274 e. The number of aromatic nitrogens is 3. The summed E-state index contributed by atoms with van der Waals surface area (Å²) in [6.07, 6.45) is 2.53. The van der Waals surface area contributed by atoms with E-state index in [0.29, 0.717) is 22.0 Å². The van der Waals surface area contributed by atoms with Crippen LogP contribution in [0.1, 0.15) is 34.1 Å². The number of allylic oxidation sites excluding steroid dienone is 1. The Morgan fingerprint density at radius 2 is 2.07 bits per heavy atom. The molecule has 7 nitrogen and oxygen atoms in total. The summed E-state index contributed by atoms with van der Waals surface area (Å²) in [5, 5.41) is 4.20. The first-order valence-electron chi connectivity index (χ1n) is 9.14. The zero-order valence-electron chi connectivity index (χ0n) is 16.3. The molecule has 0 saturated heterocycles. The molecule has 0 aliphatic rings. The number of carbonyl (C=O) groups excluding carboxylic acids is 1. The van der Waals surface area contributed by atoms with E-state index in [9.17, 15) is 9.59 Å². The maximum absolute atomic E-state index is 12.9. The molecule has 2 rings (SSSR count). The fourth-order valence-electron chi connectivity index (χ4n) is 2.45. The largest absolute Gasteiger partial charge is 0.353 e. The Hall–Kier alpha value is -1.87. The molecule has 1 amide bonds. The summed E-state index contributed by atoms with van der Waals surface area (Å²) < 4.78 is 2.09. The number of rotatable bonds is 10. The normalized spacial score (nSPS) is 12.1. The summed E-state index contributed by atoms with van der Waals surface area (Å²) >= 11 is 2.61. The monoisotopic (exact) mass is 409 g/mol. The summed E-state index contributed by atoms with van der Waals surface area (Å²) in [7, 11) is 0. The molecule has 0 spiro atoms. The van der Waals surface area contributed by atoms with Gasteiger partial charge in [0.1, 0.15) is 4.70 Å². The van der Waals surface area contributed by atoms with Gasteiger partial charge in [-0.2, -0.15) is 4.98 Å². The summed E-state index contributed by atoms with van der Waals surface area (Å²) in [4.78, 5) is 36.2. The van der Waals surface area contributed by atoms with Crippen LogP contribution in [0.15, 0.2) is 22.6 Å². The second-order valence-corrected chi connectivity index (χ2v) is 8.01. The van der Waals surface area contributed by atoms with Gasteiger partial charge in [0.2, 0.25) is 5.91 Å². The lowest BCUT2D eigenvalue weighted by Crippen LogP contribution is -2.33. The molecule has 148 valence electrons. The van der Waals surface area contributed by atoms with Crippen LogP contribution >= 0.6 is 23.1 Å². The number of nitrogens with one attached hydrogen (secondary N) is 1. The number of anilines is 1. The summed E-state index contributed by atoms with van der Waals surface area (Å²) in [5.74, 6) is 0.128. The molecule has 27 heavy (non-hydrogen) atoms. The smallest absolute Gasteiger partial charge is 0.274 e. The Kier molecular flexibility index (Phi) is 7.85. The van der Waals surface area contributed by atoms with Crippen LogP contribution in [-0.4, -0.2) is 45.3 Å². The molecule has 0 unspecified atom stereocenters. The topological polar surface area (TPSA) is 80.1 Å². The van der Waals surface area contributed by atoms with E-state index >= 15 is 0 Å². The highest BCUT2D eigenvalue weighted by Gasteiger charge is 2.18. The minimum absolute atomic E-state index is 0.0732. The van der Waals surface area contributed by atoms with Gasteiger partial charge in [0.05, 0.1) is 5.75 Å². The van der Waals surface area contributed by atoms with Crippen molar-refractivity contribution in [1.82, 2.24) is 19.9 Å². The van der Waals surface area contributed by atoms with Gasteiger partial charge in [-0.15, -0.1) is 6.58 Å².